The number of benzene rings is 2. The molecule has 30 heavy (non-hydrogen) atoms. The number of amides is 3. The lowest BCUT2D eigenvalue weighted by molar-refractivity contribution is 0.0953. The molecule has 0 aromatic heterocycles. The topological polar surface area (TPSA) is 91.1 Å². The summed E-state index contributed by atoms with van der Waals surface area (Å²) >= 11 is 0. The fourth-order valence-corrected chi connectivity index (χ4v) is 3.29. The third-order valence-corrected chi connectivity index (χ3v) is 5.14. The van der Waals surface area contributed by atoms with Gasteiger partial charge in [-0.3, -0.25) is 15.1 Å². The van der Waals surface area contributed by atoms with Gasteiger partial charge in [-0.2, -0.15) is 0 Å². The molecule has 2 aromatic rings. The van der Waals surface area contributed by atoms with E-state index in [1.165, 1.54) is 17.0 Å². The molecule has 0 radical (unpaired) electrons. The Bertz CT molecular complexity index is 915. The second-order valence-electron chi connectivity index (χ2n) is 7.14. The fraction of sp³-hybridized carbons (Fsp3) is 0.333. The summed E-state index contributed by atoms with van der Waals surface area (Å²) in [7, 11) is 3.56. The Morgan fingerprint density at radius 2 is 1.90 bits per heavy atom. The minimum Gasteiger partial charge on any atom is -0.497 e. The van der Waals surface area contributed by atoms with Crippen LogP contribution in [-0.4, -0.2) is 62.1 Å². The van der Waals surface area contributed by atoms with Crippen LogP contribution in [0.3, 0.4) is 0 Å². The van der Waals surface area contributed by atoms with Crippen LogP contribution < -0.4 is 20.9 Å². The molecule has 9 heteroatoms. The maximum absolute atomic E-state index is 14.7. The van der Waals surface area contributed by atoms with Gasteiger partial charge in [-0.1, -0.05) is 12.1 Å². The maximum Gasteiger partial charge on any atom is 0.324 e. The second-order valence-corrected chi connectivity index (χ2v) is 7.14. The van der Waals surface area contributed by atoms with Crippen molar-refractivity contribution in [3.63, 3.8) is 0 Å². The molecule has 160 valence electrons. The van der Waals surface area contributed by atoms with Gasteiger partial charge in [0.15, 0.2) is 0 Å². The summed E-state index contributed by atoms with van der Waals surface area (Å²) in [4.78, 5) is 30.4. The van der Waals surface area contributed by atoms with Crippen LogP contribution in [0.15, 0.2) is 42.5 Å². The minimum absolute atomic E-state index is 0.00863. The third kappa shape index (κ3) is 4.87. The Morgan fingerprint density at radius 3 is 2.53 bits per heavy atom. The van der Waals surface area contributed by atoms with Crippen molar-refractivity contribution >= 4 is 17.6 Å². The summed E-state index contributed by atoms with van der Waals surface area (Å²) in [6.07, 6.45) is 0. The van der Waals surface area contributed by atoms with E-state index in [9.17, 15) is 14.0 Å². The molecule has 1 fully saturated rings. The van der Waals surface area contributed by atoms with E-state index in [4.69, 9.17) is 10.6 Å². The van der Waals surface area contributed by atoms with Crippen molar-refractivity contribution < 1.29 is 18.7 Å². The summed E-state index contributed by atoms with van der Waals surface area (Å²) < 4.78 is 20.0. The maximum atomic E-state index is 14.7. The number of rotatable bonds is 5. The van der Waals surface area contributed by atoms with Crippen molar-refractivity contribution in [2.24, 2.45) is 5.84 Å². The molecule has 0 saturated carbocycles. The highest BCUT2D eigenvalue weighted by Crippen LogP contribution is 2.25. The van der Waals surface area contributed by atoms with Crippen LogP contribution in [0.2, 0.25) is 0 Å². The number of halogens is 1. The summed E-state index contributed by atoms with van der Waals surface area (Å²) in [5, 5.41) is 0. The van der Waals surface area contributed by atoms with Crippen molar-refractivity contribution in [1.82, 2.24) is 15.2 Å². The standard InChI is InChI=1S/C21H26FN5O3/c1-25-8-10-26(11-9-25)21(29)27(17-4-3-5-18(13-17)30-2)14-16-7-6-15(12-19(16)22)20(28)24-23/h3-7,12-13H,8-11,14,23H2,1-2H3,(H,24,28). The Morgan fingerprint density at radius 1 is 1.17 bits per heavy atom. The van der Waals surface area contributed by atoms with E-state index in [2.05, 4.69) is 4.90 Å². The molecule has 1 saturated heterocycles. The van der Waals surface area contributed by atoms with Gasteiger partial charge >= 0.3 is 6.03 Å². The van der Waals surface area contributed by atoms with Gasteiger partial charge in [0.1, 0.15) is 11.6 Å². The highest BCUT2D eigenvalue weighted by molar-refractivity contribution is 5.94. The molecule has 1 aliphatic rings. The molecule has 3 rings (SSSR count). The van der Waals surface area contributed by atoms with Crippen LogP contribution >= 0.6 is 0 Å². The largest absolute Gasteiger partial charge is 0.497 e. The number of ether oxygens (including phenoxy) is 1. The van der Waals surface area contributed by atoms with E-state index in [-0.39, 0.29) is 23.7 Å². The number of nitrogens with one attached hydrogen (secondary N) is 1. The number of carbonyl (C=O) groups is 2. The van der Waals surface area contributed by atoms with Gasteiger partial charge in [-0.15, -0.1) is 0 Å². The number of nitrogens with two attached hydrogens (primary N) is 1. The van der Waals surface area contributed by atoms with E-state index in [0.717, 1.165) is 19.2 Å². The molecule has 2 aromatic carbocycles. The Hall–Kier alpha value is -3.17. The van der Waals surface area contributed by atoms with Crippen LogP contribution in [0.4, 0.5) is 14.9 Å². The van der Waals surface area contributed by atoms with E-state index in [1.54, 1.807) is 36.3 Å². The molecule has 1 heterocycles. The minimum atomic E-state index is -0.588. The number of nitrogens with zero attached hydrogens (tertiary/aromatic N) is 3. The zero-order valence-corrected chi connectivity index (χ0v) is 17.1. The normalized spacial score (nSPS) is 14.3. The van der Waals surface area contributed by atoms with E-state index in [1.807, 2.05) is 12.5 Å². The number of hydrogen-bond donors (Lipinski definition) is 2. The van der Waals surface area contributed by atoms with Gasteiger partial charge in [0, 0.05) is 49.1 Å². The van der Waals surface area contributed by atoms with Gasteiger partial charge in [0.05, 0.1) is 13.7 Å². The lowest BCUT2D eigenvalue weighted by Gasteiger charge is -2.36. The SMILES string of the molecule is COc1cccc(N(Cc2ccc(C(=O)NN)cc2F)C(=O)N2CCN(C)CC2)c1. The lowest BCUT2D eigenvalue weighted by atomic mass is 10.1. The number of urea groups is 1. The van der Waals surface area contributed by atoms with E-state index < -0.39 is 11.7 Å². The first-order valence-electron chi connectivity index (χ1n) is 9.61. The second kappa shape index (κ2) is 9.55. The summed E-state index contributed by atoms with van der Waals surface area (Å²) in [6.45, 7) is 2.74. The molecule has 0 bridgehead atoms. The van der Waals surface area contributed by atoms with Crippen LogP contribution in [0.5, 0.6) is 5.75 Å². The molecule has 1 aliphatic heterocycles. The van der Waals surface area contributed by atoms with Crippen molar-refractivity contribution in [1.29, 1.82) is 0 Å². The highest BCUT2D eigenvalue weighted by atomic mass is 19.1. The van der Waals surface area contributed by atoms with Crippen LogP contribution in [0.1, 0.15) is 15.9 Å². The van der Waals surface area contributed by atoms with Gasteiger partial charge < -0.3 is 14.5 Å². The monoisotopic (exact) mass is 415 g/mol. The Kier molecular flexibility index (Phi) is 6.86. The summed E-state index contributed by atoms with van der Waals surface area (Å²) in [6, 6.07) is 11.0. The van der Waals surface area contributed by atoms with Crippen molar-refractivity contribution in [2.75, 3.05) is 45.2 Å². The van der Waals surface area contributed by atoms with Crippen molar-refractivity contribution in [2.45, 2.75) is 6.54 Å². The van der Waals surface area contributed by atoms with Crippen LogP contribution in [0, 0.1) is 5.82 Å². The molecule has 0 unspecified atom stereocenters. The molecule has 3 amide bonds. The lowest BCUT2D eigenvalue weighted by Crippen LogP contribution is -2.52. The molecule has 0 aliphatic carbocycles. The average molecular weight is 415 g/mol. The van der Waals surface area contributed by atoms with Gasteiger partial charge in [-0.05, 0) is 31.3 Å². The van der Waals surface area contributed by atoms with Crippen LogP contribution in [-0.2, 0) is 6.54 Å². The van der Waals surface area contributed by atoms with Crippen molar-refractivity contribution in [3.05, 3.63) is 59.4 Å². The molecule has 3 N–H and O–H groups in total. The molecular formula is C21H26FN5O3. The van der Waals surface area contributed by atoms with Gasteiger partial charge in [-0.25, -0.2) is 15.0 Å². The first-order chi connectivity index (χ1) is 14.4. The number of carbonyl (C=O) groups excluding carboxylic acids is 2. The number of hydrogen-bond acceptors (Lipinski definition) is 5. The molecule has 8 nitrogen and oxygen atoms in total. The first-order valence-corrected chi connectivity index (χ1v) is 9.61. The number of anilines is 1. The number of likely N-dealkylation sites (N-methyl/N-ethyl adjacent to an activating group) is 1. The third-order valence-electron chi connectivity index (χ3n) is 5.14. The van der Waals surface area contributed by atoms with E-state index >= 15 is 0 Å². The van der Waals surface area contributed by atoms with Gasteiger partial charge in [0.25, 0.3) is 5.91 Å². The van der Waals surface area contributed by atoms with Gasteiger partial charge in [0.2, 0.25) is 0 Å². The fourth-order valence-electron chi connectivity index (χ4n) is 3.29. The first kappa shape index (κ1) is 21.5. The van der Waals surface area contributed by atoms with Crippen molar-refractivity contribution in [3.8, 4) is 5.75 Å². The molecule has 0 atom stereocenters. The molecule has 0 spiro atoms. The predicted molar refractivity (Wildman–Crippen MR) is 112 cm³/mol. The Labute approximate surface area is 175 Å². The number of nitrogen functional groups attached to an aromatic ring is 1. The Balaban J connectivity index is 1.91. The predicted octanol–water partition coefficient (Wildman–Crippen LogP) is 1.81. The number of methoxy groups -OCH3 is 1. The zero-order chi connectivity index (χ0) is 21.7. The smallest absolute Gasteiger partial charge is 0.324 e. The summed E-state index contributed by atoms with van der Waals surface area (Å²) in [5.74, 6) is 4.54. The quantitative estimate of drug-likeness (QED) is 0.442. The highest BCUT2D eigenvalue weighted by Gasteiger charge is 2.26. The van der Waals surface area contributed by atoms with Crippen LogP contribution in [0.25, 0.3) is 0 Å². The summed E-state index contributed by atoms with van der Waals surface area (Å²) in [5.41, 5.74) is 2.97. The van der Waals surface area contributed by atoms with E-state index in [0.29, 0.717) is 24.5 Å². The zero-order valence-electron chi connectivity index (χ0n) is 17.1. The number of piperazine rings is 1. The average Bonchev–Trinajstić information content (AvgIpc) is 2.77. The number of hydrazine groups is 1. The molecular weight excluding hydrogens is 389 g/mol.